The number of likely N-dealkylation sites (tertiary alicyclic amines) is 1. The van der Waals surface area contributed by atoms with Crippen molar-refractivity contribution >= 4 is 5.91 Å². The van der Waals surface area contributed by atoms with Crippen LogP contribution in [0.25, 0.3) is 0 Å². The molecular weight excluding hydrogens is 236 g/mol. The average molecular weight is 264 g/mol. The van der Waals surface area contributed by atoms with Crippen molar-refractivity contribution in [3.05, 3.63) is 0 Å². The maximum Gasteiger partial charge on any atom is 0.230 e. The Balaban J connectivity index is 1.53. The first kappa shape index (κ1) is 13.4. The molecule has 19 heavy (non-hydrogen) atoms. The zero-order valence-electron chi connectivity index (χ0n) is 12.1. The summed E-state index contributed by atoms with van der Waals surface area (Å²) < 4.78 is 0. The average Bonchev–Trinajstić information content (AvgIpc) is 2.91. The van der Waals surface area contributed by atoms with Gasteiger partial charge >= 0.3 is 0 Å². The lowest BCUT2D eigenvalue weighted by Crippen LogP contribution is -2.50. The van der Waals surface area contributed by atoms with Crippen LogP contribution in [0.2, 0.25) is 0 Å². The van der Waals surface area contributed by atoms with Crippen LogP contribution in [0.4, 0.5) is 0 Å². The first-order chi connectivity index (χ1) is 9.30. The van der Waals surface area contributed by atoms with Gasteiger partial charge in [-0.15, -0.1) is 0 Å². The van der Waals surface area contributed by atoms with Crippen LogP contribution >= 0.6 is 0 Å². The summed E-state index contributed by atoms with van der Waals surface area (Å²) in [5.41, 5.74) is -0.0230. The first-order valence-electron chi connectivity index (χ1n) is 8.30. The molecule has 1 atom stereocenters. The van der Waals surface area contributed by atoms with Gasteiger partial charge in [0.2, 0.25) is 5.91 Å². The van der Waals surface area contributed by atoms with Crippen molar-refractivity contribution in [2.45, 2.75) is 57.8 Å². The highest BCUT2D eigenvalue weighted by Gasteiger charge is 2.45. The highest BCUT2D eigenvalue weighted by molar-refractivity contribution is 5.84. The fraction of sp³-hybridized carbons (Fsp3) is 0.938. The molecule has 3 heteroatoms. The van der Waals surface area contributed by atoms with Crippen LogP contribution in [0.15, 0.2) is 0 Å². The van der Waals surface area contributed by atoms with Crippen LogP contribution in [0.3, 0.4) is 0 Å². The number of amides is 1. The standard InChI is InChI=1S/C16H28N2O/c19-15-16(9-10-17-13-16)8-4-11-18(15)12-7-14-5-2-1-3-6-14/h14,17H,1-13H2. The Labute approximate surface area is 117 Å². The molecule has 1 saturated carbocycles. The number of rotatable bonds is 3. The lowest BCUT2D eigenvalue weighted by molar-refractivity contribution is -0.145. The van der Waals surface area contributed by atoms with Crippen LogP contribution in [0, 0.1) is 11.3 Å². The molecule has 1 spiro atoms. The number of piperidine rings is 1. The molecule has 2 aliphatic heterocycles. The van der Waals surface area contributed by atoms with E-state index in [1.165, 1.54) is 44.9 Å². The highest BCUT2D eigenvalue weighted by atomic mass is 16.2. The summed E-state index contributed by atoms with van der Waals surface area (Å²) in [6.07, 6.45) is 11.7. The Morgan fingerprint density at radius 1 is 1.16 bits per heavy atom. The van der Waals surface area contributed by atoms with Gasteiger partial charge in [-0.05, 0) is 38.1 Å². The van der Waals surface area contributed by atoms with Crippen molar-refractivity contribution in [2.24, 2.45) is 11.3 Å². The number of carbonyl (C=O) groups is 1. The van der Waals surface area contributed by atoms with E-state index in [1.807, 2.05) is 0 Å². The number of hydrogen-bond donors (Lipinski definition) is 1. The van der Waals surface area contributed by atoms with Gasteiger partial charge in [0.1, 0.15) is 0 Å². The molecule has 1 amide bonds. The first-order valence-corrected chi connectivity index (χ1v) is 8.30. The monoisotopic (exact) mass is 264 g/mol. The van der Waals surface area contributed by atoms with Crippen LogP contribution in [-0.4, -0.2) is 37.0 Å². The molecule has 3 nitrogen and oxygen atoms in total. The van der Waals surface area contributed by atoms with Gasteiger partial charge in [0.05, 0.1) is 5.41 Å². The molecule has 1 unspecified atom stereocenters. The van der Waals surface area contributed by atoms with E-state index in [4.69, 9.17) is 0 Å². The molecule has 3 aliphatic rings. The minimum Gasteiger partial charge on any atom is -0.342 e. The van der Waals surface area contributed by atoms with Gasteiger partial charge < -0.3 is 10.2 Å². The number of hydrogen-bond acceptors (Lipinski definition) is 2. The van der Waals surface area contributed by atoms with Crippen LogP contribution in [-0.2, 0) is 4.79 Å². The van der Waals surface area contributed by atoms with Crippen LogP contribution < -0.4 is 5.32 Å². The van der Waals surface area contributed by atoms with Gasteiger partial charge in [0.15, 0.2) is 0 Å². The Morgan fingerprint density at radius 2 is 2.00 bits per heavy atom. The van der Waals surface area contributed by atoms with Gasteiger partial charge in [0, 0.05) is 19.6 Å². The third kappa shape index (κ3) is 2.81. The predicted molar refractivity (Wildman–Crippen MR) is 76.9 cm³/mol. The van der Waals surface area contributed by atoms with E-state index in [-0.39, 0.29) is 5.41 Å². The lowest BCUT2D eigenvalue weighted by Gasteiger charge is -2.39. The van der Waals surface area contributed by atoms with E-state index in [2.05, 4.69) is 10.2 Å². The van der Waals surface area contributed by atoms with Gasteiger partial charge in [-0.1, -0.05) is 32.1 Å². The van der Waals surface area contributed by atoms with E-state index >= 15 is 0 Å². The number of nitrogens with zero attached hydrogens (tertiary/aromatic N) is 1. The lowest BCUT2D eigenvalue weighted by atomic mass is 9.78. The topological polar surface area (TPSA) is 32.3 Å². The molecule has 0 aromatic carbocycles. The molecule has 2 saturated heterocycles. The fourth-order valence-corrected chi connectivity index (χ4v) is 4.32. The molecule has 2 heterocycles. The minimum absolute atomic E-state index is 0.0230. The fourth-order valence-electron chi connectivity index (χ4n) is 4.32. The van der Waals surface area contributed by atoms with Gasteiger partial charge in [-0.25, -0.2) is 0 Å². The van der Waals surface area contributed by atoms with Gasteiger partial charge in [-0.3, -0.25) is 4.79 Å². The Morgan fingerprint density at radius 3 is 2.74 bits per heavy atom. The zero-order valence-corrected chi connectivity index (χ0v) is 12.1. The largest absolute Gasteiger partial charge is 0.342 e. The van der Waals surface area contributed by atoms with E-state index in [0.29, 0.717) is 5.91 Å². The zero-order chi connectivity index (χ0) is 13.1. The summed E-state index contributed by atoms with van der Waals surface area (Å²) in [7, 11) is 0. The van der Waals surface area contributed by atoms with Crippen molar-refractivity contribution in [2.75, 3.05) is 26.2 Å². The molecule has 0 bridgehead atoms. The summed E-state index contributed by atoms with van der Waals surface area (Å²) in [5, 5.41) is 3.39. The molecule has 0 radical (unpaired) electrons. The molecule has 3 fully saturated rings. The predicted octanol–water partition coefficient (Wildman–Crippen LogP) is 2.56. The second-order valence-corrected chi connectivity index (χ2v) is 6.90. The second-order valence-electron chi connectivity index (χ2n) is 6.90. The molecule has 0 aromatic rings. The number of carbonyl (C=O) groups excluding carboxylic acids is 1. The second kappa shape index (κ2) is 5.82. The summed E-state index contributed by atoms with van der Waals surface area (Å²) >= 11 is 0. The van der Waals surface area contributed by atoms with Gasteiger partial charge in [0.25, 0.3) is 0 Å². The molecular formula is C16H28N2O. The van der Waals surface area contributed by atoms with Crippen molar-refractivity contribution in [1.82, 2.24) is 10.2 Å². The molecule has 0 aromatic heterocycles. The quantitative estimate of drug-likeness (QED) is 0.849. The maximum absolute atomic E-state index is 12.7. The molecule has 1 aliphatic carbocycles. The Kier molecular flexibility index (Phi) is 4.11. The minimum atomic E-state index is -0.0230. The summed E-state index contributed by atoms with van der Waals surface area (Å²) in [6.45, 7) is 3.98. The molecule has 108 valence electrons. The van der Waals surface area contributed by atoms with E-state index in [0.717, 1.165) is 44.9 Å². The van der Waals surface area contributed by atoms with E-state index in [1.54, 1.807) is 0 Å². The summed E-state index contributed by atoms with van der Waals surface area (Å²) in [4.78, 5) is 14.9. The molecule has 1 N–H and O–H groups in total. The summed E-state index contributed by atoms with van der Waals surface area (Å²) in [5.74, 6) is 1.35. The van der Waals surface area contributed by atoms with Crippen molar-refractivity contribution in [1.29, 1.82) is 0 Å². The van der Waals surface area contributed by atoms with Gasteiger partial charge in [-0.2, -0.15) is 0 Å². The highest BCUT2D eigenvalue weighted by Crippen LogP contribution is 2.37. The van der Waals surface area contributed by atoms with E-state index in [9.17, 15) is 4.79 Å². The normalized spacial score (nSPS) is 33.3. The Hall–Kier alpha value is -0.570. The smallest absolute Gasteiger partial charge is 0.230 e. The third-order valence-electron chi connectivity index (χ3n) is 5.60. The van der Waals surface area contributed by atoms with Crippen LogP contribution in [0.5, 0.6) is 0 Å². The SMILES string of the molecule is O=C1N(CCC2CCCCC2)CCCC12CCNC2. The van der Waals surface area contributed by atoms with E-state index < -0.39 is 0 Å². The Bertz CT molecular complexity index is 317. The van der Waals surface area contributed by atoms with Crippen molar-refractivity contribution in [3.63, 3.8) is 0 Å². The number of nitrogens with one attached hydrogen (secondary N) is 1. The van der Waals surface area contributed by atoms with Crippen molar-refractivity contribution in [3.8, 4) is 0 Å². The van der Waals surface area contributed by atoms with Crippen LogP contribution in [0.1, 0.15) is 57.8 Å². The molecule has 3 rings (SSSR count). The summed E-state index contributed by atoms with van der Waals surface area (Å²) in [6, 6.07) is 0. The third-order valence-corrected chi connectivity index (χ3v) is 5.60. The maximum atomic E-state index is 12.7. The van der Waals surface area contributed by atoms with Crippen molar-refractivity contribution < 1.29 is 4.79 Å².